The first-order valence-corrected chi connectivity index (χ1v) is 3.68. The van der Waals surface area contributed by atoms with Gasteiger partial charge in [-0.05, 0) is 6.07 Å². The average molecular weight is 207 g/mol. The van der Waals surface area contributed by atoms with Crippen molar-refractivity contribution in [2.75, 3.05) is 0 Å². The summed E-state index contributed by atoms with van der Waals surface area (Å²) in [5.74, 6) is -0.929. The summed E-state index contributed by atoms with van der Waals surface area (Å²) in [6.45, 7) is 0. The van der Waals surface area contributed by atoms with Crippen molar-refractivity contribution in [1.29, 1.82) is 0 Å². The van der Waals surface area contributed by atoms with Crippen LogP contribution in [0.3, 0.4) is 0 Å². The molecule has 0 aliphatic rings. The van der Waals surface area contributed by atoms with Gasteiger partial charge in [-0.1, -0.05) is 23.2 Å². The number of carbonyl (C=O) groups excluding carboxylic acids is 1. The van der Waals surface area contributed by atoms with Crippen LogP contribution in [0.5, 0.6) is 11.5 Å². The molecule has 5 heteroatoms. The number of benzene rings is 1. The predicted molar refractivity (Wildman–Crippen MR) is 45.2 cm³/mol. The largest absolute Gasteiger partial charge is 0.505 e. The van der Waals surface area contributed by atoms with Gasteiger partial charge in [0.2, 0.25) is 0 Å². The van der Waals surface area contributed by atoms with Crippen LogP contribution in [-0.2, 0) is 0 Å². The summed E-state index contributed by atoms with van der Waals surface area (Å²) in [4.78, 5) is 10.3. The van der Waals surface area contributed by atoms with Gasteiger partial charge in [-0.2, -0.15) is 0 Å². The zero-order chi connectivity index (χ0) is 9.30. The second kappa shape index (κ2) is 3.21. The molecule has 0 heterocycles. The molecule has 0 bridgehead atoms. The molecule has 3 nitrogen and oxygen atoms in total. The number of rotatable bonds is 1. The average Bonchev–Trinajstić information content (AvgIpc) is 2.02. The fourth-order valence-electron chi connectivity index (χ4n) is 0.729. The standard InChI is InChI=1S/C7H4Cl2O3/c8-4-1-5(9)7(12)3(2-10)6(4)11/h1-2,11-12H. The van der Waals surface area contributed by atoms with Crippen molar-refractivity contribution in [2.24, 2.45) is 0 Å². The quantitative estimate of drug-likeness (QED) is 0.694. The first-order chi connectivity index (χ1) is 5.57. The van der Waals surface area contributed by atoms with Crippen LogP contribution in [0.1, 0.15) is 10.4 Å². The van der Waals surface area contributed by atoms with Gasteiger partial charge in [-0.3, -0.25) is 4.79 Å². The Morgan fingerprint density at radius 3 is 1.92 bits per heavy atom. The fraction of sp³-hybridized carbons (Fsp3) is 0. The molecule has 0 unspecified atom stereocenters. The van der Waals surface area contributed by atoms with Gasteiger partial charge in [-0.15, -0.1) is 0 Å². The minimum atomic E-state index is -0.464. The van der Waals surface area contributed by atoms with Crippen LogP contribution in [-0.4, -0.2) is 16.5 Å². The molecule has 0 spiro atoms. The van der Waals surface area contributed by atoms with Gasteiger partial charge < -0.3 is 10.2 Å². The second-order valence-corrected chi connectivity index (χ2v) is 2.88. The van der Waals surface area contributed by atoms with Crippen molar-refractivity contribution >= 4 is 29.5 Å². The maximum absolute atomic E-state index is 10.3. The van der Waals surface area contributed by atoms with E-state index < -0.39 is 11.5 Å². The van der Waals surface area contributed by atoms with E-state index in [0.717, 1.165) is 6.07 Å². The Kier molecular flexibility index (Phi) is 2.45. The smallest absolute Gasteiger partial charge is 0.157 e. The summed E-state index contributed by atoms with van der Waals surface area (Å²) >= 11 is 10.9. The Labute approximate surface area is 78.2 Å². The lowest BCUT2D eigenvalue weighted by molar-refractivity contribution is 0.111. The van der Waals surface area contributed by atoms with E-state index in [1.807, 2.05) is 0 Å². The number of aromatic hydroxyl groups is 2. The molecular formula is C7H4Cl2O3. The van der Waals surface area contributed by atoms with E-state index in [1.165, 1.54) is 0 Å². The fourth-order valence-corrected chi connectivity index (χ4v) is 1.21. The van der Waals surface area contributed by atoms with Crippen molar-refractivity contribution in [2.45, 2.75) is 0 Å². The summed E-state index contributed by atoms with van der Waals surface area (Å²) in [7, 11) is 0. The monoisotopic (exact) mass is 206 g/mol. The number of hydrogen-bond donors (Lipinski definition) is 2. The maximum atomic E-state index is 10.3. The minimum absolute atomic E-state index is 0.0695. The van der Waals surface area contributed by atoms with Crippen molar-refractivity contribution in [3.8, 4) is 11.5 Å². The lowest BCUT2D eigenvalue weighted by Gasteiger charge is -2.03. The molecule has 0 saturated heterocycles. The van der Waals surface area contributed by atoms with E-state index in [9.17, 15) is 4.79 Å². The molecule has 0 aliphatic carbocycles. The van der Waals surface area contributed by atoms with E-state index in [4.69, 9.17) is 33.4 Å². The Morgan fingerprint density at radius 1 is 1.17 bits per heavy atom. The number of phenols is 2. The summed E-state index contributed by atoms with van der Waals surface area (Å²) < 4.78 is 0. The molecule has 0 fully saturated rings. The molecule has 0 atom stereocenters. The summed E-state index contributed by atoms with van der Waals surface area (Å²) in [5, 5.41) is 18.1. The Hall–Kier alpha value is -0.930. The molecule has 1 aromatic carbocycles. The van der Waals surface area contributed by atoms with Crippen molar-refractivity contribution in [1.82, 2.24) is 0 Å². The van der Waals surface area contributed by atoms with Crippen molar-refractivity contribution in [3.05, 3.63) is 21.7 Å². The third-order valence-corrected chi connectivity index (χ3v) is 1.91. The van der Waals surface area contributed by atoms with E-state index in [1.54, 1.807) is 0 Å². The molecule has 12 heavy (non-hydrogen) atoms. The summed E-state index contributed by atoms with van der Waals surface area (Å²) in [6.07, 6.45) is 0.280. The molecule has 64 valence electrons. The van der Waals surface area contributed by atoms with Crippen LogP contribution in [0.2, 0.25) is 10.0 Å². The van der Waals surface area contributed by atoms with Gasteiger partial charge in [0, 0.05) is 0 Å². The third kappa shape index (κ3) is 1.33. The Morgan fingerprint density at radius 2 is 1.58 bits per heavy atom. The van der Waals surface area contributed by atoms with Gasteiger partial charge in [0.25, 0.3) is 0 Å². The molecule has 0 aromatic heterocycles. The van der Waals surface area contributed by atoms with Gasteiger partial charge >= 0.3 is 0 Å². The first-order valence-electron chi connectivity index (χ1n) is 2.93. The Balaban J connectivity index is 3.52. The molecule has 0 aliphatic heterocycles. The second-order valence-electron chi connectivity index (χ2n) is 2.07. The first kappa shape index (κ1) is 9.16. The normalized spacial score (nSPS) is 9.83. The summed E-state index contributed by atoms with van der Waals surface area (Å²) in [6, 6.07) is 1.15. The lowest BCUT2D eigenvalue weighted by Crippen LogP contribution is -1.84. The van der Waals surface area contributed by atoms with E-state index in [-0.39, 0.29) is 21.9 Å². The van der Waals surface area contributed by atoms with Gasteiger partial charge in [0.05, 0.1) is 10.0 Å². The van der Waals surface area contributed by atoms with E-state index >= 15 is 0 Å². The van der Waals surface area contributed by atoms with Crippen molar-refractivity contribution in [3.63, 3.8) is 0 Å². The highest BCUT2D eigenvalue weighted by atomic mass is 35.5. The van der Waals surface area contributed by atoms with Crippen LogP contribution < -0.4 is 0 Å². The van der Waals surface area contributed by atoms with Gasteiger partial charge in [0.1, 0.15) is 17.1 Å². The predicted octanol–water partition coefficient (Wildman–Crippen LogP) is 2.22. The van der Waals surface area contributed by atoms with Crippen molar-refractivity contribution < 1.29 is 15.0 Å². The molecule has 0 radical (unpaired) electrons. The number of phenolic OH excluding ortho intramolecular Hbond substituents is 2. The molecule has 1 rings (SSSR count). The van der Waals surface area contributed by atoms with Crippen LogP contribution in [0.25, 0.3) is 0 Å². The number of aldehydes is 1. The molecule has 0 saturated carbocycles. The van der Waals surface area contributed by atoms with E-state index in [0.29, 0.717) is 0 Å². The van der Waals surface area contributed by atoms with Crippen LogP contribution in [0, 0.1) is 0 Å². The van der Waals surface area contributed by atoms with Crippen LogP contribution in [0.15, 0.2) is 6.07 Å². The third-order valence-electron chi connectivity index (χ3n) is 1.33. The zero-order valence-electron chi connectivity index (χ0n) is 5.71. The number of halogens is 2. The number of hydrogen-bond acceptors (Lipinski definition) is 3. The highest BCUT2D eigenvalue weighted by Crippen LogP contribution is 2.38. The van der Waals surface area contributed by atoms with Gasteiger partial charge in [0.15, 0.2) is 6.29 Å². The summed E-state index contributed by atoms with van der Waals surface area (Å²) in [5.41, 5.74) is -0.299. The van der Waals surface area contributed by atoms with Gasteiger partial charge in [-0.25, -0.2) is 0 Å². The minimum Gasteiger partial charge on any atom is -0.505 e. The molecule has 0 amide bonds. The highest BCUT2D eigenvalue weighted by molar-refractivity contribution is 6.37. The zero-order valence-corrected chi connectivity index (χ0v) is 7.23. The number of carbonyl (C=O) groups is 1. The maximum Gasteiger partial charge on any atom is 0.157 e. The Bertz CT molecular complexity index is 310. The van der Waals surface area contributed by atoms with E-state index in [2.05, 4.69) is 0 Å². The molecule has 2 N–H and O–H groups in total. The molecule has 1 aromatic rings. The SMILES string of the molecule is O=Cc1c(O)c(Cl)cc(Cl)c1O. The van der Waals surface area contributed by atoms with Crippen LogP contribution >= 0.6 is 23.2 Å². The topological polar surface area (TPSA) is 57.5 Å². The highest BCUT2D eigenvalue weighted by Gasteiger charge is 2.13. The molecular weight excluding hydrogens is 203 g/mol. The van der Waals surface area contributed by atoms with Crippen LogP contribution in [0.4, 0.5) is 0 Å². The lowest BCUT2D eigenvalue weighted by atomic mass is 10.2.